The van der Waals surface area contributed by atoms with Crippen LogP contribution in [0.4, 0.5) is 4.32 Å². The first-order valence-electron chi connectivity index (χ1n) is 15.4. The van der Waals surface area contributed by atoms with Crippen LogP contribution in [0.1, 0.15) is 89.0 Å². The third-order valence-electron chi connectivity index (χ3n) is 9.13. The van der Waals surface area contributed by atoms with Gasteiger partial charge in [0, 0.05) is 24.3 Å². The Hall–Kier alpha value is -3.92. The second-order valence-corrected chi connectivity index (χ2v) is 14.5. The largest absolute Gasteiger partial charge is 0.846 e. The fraction of sp³-hybridized carbons (Fsp3) is 0.308. The lowest BCUT2D eigenvalue weighted by Gasteiger charge is -2.23. The monoisotopic (exact) mass is 569 g/mol. The van der Waals surface area contributed by atoms with Crippen LogP contribution in [0.15, 0.2) is 90.1 Å². The van der Waals surface area contributed by atoms with Gasteiger partial charge in [-0.1, -0.05) is 90.1 Å². The van der Waals surface area contributed by atoms with Crippen molar-refractivity contribution in [3.63, 3.8) is 0 Å². The first-order valence-corrected chi connectivity index (χ1v) is 15.4. The van der Waals surface area contributed by atoms with Crippen LogP contribution in [-0.4, -0.2) is 21.9 Å². The van der Waals surface area contributed by atoms with Crippen LogP contribution >= 0.6 is 0 Å². The maximum atomic E-state index is 16.3. The van der Waals surface area contributed by atoms with Gasteiger partial charge >= 0.3 is 7.26 Å². The molecule has 0 fully saturated rings. The molecule has 2 nitrogen and oxygen atoms in total. The summed E-state index contributed by atoms with van der Waals surface area (Å²) < 4.78 is 20.0. The van der Waals surface area contributed by atoms with E-state index < -0.39 is 7.26 Å². The molecule has 1 aromatic heterocycles. The lowest BCUT2D eigenvalue weighted by Crippen LogP contribution is -2.40. The Morgan fingerprint density at radius 2 is 1.09 bits per heavy atom. The maximum Gasteiger partial charge on any atom is 0.846 e. The van der Waals surface area contributed by atoms with Gasteiger partial charge in [0.25, 0.3) is 0 Å². The lowest BCUT2D eigenvalue weighted by molar-refractivity contribution is -0.336. The average Bonchev–Trinajstić information content (AvgIpc) is 3.42. The Balaban J connectivity index is 1.63. The summed E-state index contributed by atoms with van der Waals surface area (Å²) in [4.78, 5) is 0. The number of halogens is 1. The highest BCUT2D eigenvalue weighted by molar-refractivity contribution is 6.43. The van der Waals surface area contributed by atoms with E-state index in [0.717, 1.165) is 56.2 Å². The molecule has 0 saturated heterocycles. The van der Waals surface area contributed by atoms with Crippen molar-refractivity contribution in [3.05, 3.63) is 124 Å². The minimum Gasteiger partial charge on any atom is -0.290 e. The Kier molecular flexibility index (Phi) is 6.84. The van der Waals surface area contributed by atoms with Crippen LogP contribution in [0.25, 0.3) is 27.8 Å². The van der Waals surface area contributed by atoms with Crippen LogP contribution in [0, 0.1) is 13.8 Å². The minimum absolute atomic E-state index is 0.0861. The fourth-order valence-electron chi connectivity index (χ4n) is 6.75. The van der Waals surface area contributed by atoms with Crippen LogP contribution in [-0.2, 0) is 10.8 Å². The smallest absolute Gasteiger partial charge is 0.290 e. The Morgan fingerprint density at radius 3 is 1.56 bits per heavy atom. The topological polar surface area (TPSA) is 7.94 Å². The molecule has 2 aliphatic heterocycles. The molecule has 0 aliphatic carbocycles. The molecule has 0 atom stereocenters. The number of benzene rings is 3. The van der Waals surface area contributed by atoms with Gasteiger partial charge in [0.05, 0.1) is 11.3 Å². The van der Waals surface area contributed by atoms with Crippen molar-refractivity contribution in [2.24, 2.45) is 0 Å². The Morgan fingerprint density at radius 1 is 0.628 bits per heavy atom. The van der Waals surface area contributed by atoms with Crippen molar-refractivity contribution in [3.8, 4) is 22.3 Å². The summed E-state index contributed by atoms with van der Waals surface area (Å²) in [5, 5.41) is 0. The molecule has 43 heavy (non-hydrogen) atoms. The molecule has 0 N–H and O–H groups in total. The molecule has 0 spiro atoms. The standard InChI is InChI=1S/C39H43BFN2/c1-24-19-26(3)42-36(24)35(37-25(2)20-27(4)43(37)40(42)41)32-22-30(28-11-15-33(16-12-28)38(5,6)7)21-31(23-32)29-13-17-34(18-14-29)39(8,9)10/h11-23H,1-10H3/q+1. The third kappa shape index (κ3) is 4.95. The van der Waals surface area contributed by atoms with E-state index >= 15 is 4.32 Å². The van der Waals surface area contributed by atoms with Crippen molar-refractivity contribution in [2.45, 2.75) is 80.1 Å². The van der Waals surface area contributed by atoms with Crippen LogP contribution < -0.4 is 0 Å². The molecule has 0 amide bonds. The number of allylic oxidation sites excluding steroid dienone is 2. The molecule has 0 bridgehead atoms. The number of fused-ring (bicyclic) bond motifs is 2. The van der Waals surface area contributed by atoms with Gasteiger partial charge in [-0.25, -0.2) is 8.80 Å². The highest BCUT2D eigenvalue weighted by Crippen LogP contribution is 2.43. The zero-order valence-corrected chi connectivity index (χ0v) is 27.4. The molecular formula is C39H43BFN2+. The second-order valence-electron chi connectivity index (χ2n) is 14.5. The van der Waals surface area contributed by atoms with E-state index in [9.17, 15) is 0 Å². The number of hydrogen-bond donors (Lipinski definition) is 0. The van der Waals surface area contributed by atoms with E-state index in [-0.39, 0.29) is 10.8 Å². The number of aromatic nitrogens is 1. The van der Waals surface area contributed by atoms with Gasteiger partial charge in [-0.05, 0) is 100 Å². The normalized spacial score (nSPS) is 15.2. The molecule has 218 valence electrons. The van der Waals surface area contributed by atoms with E-state index in [1.54, 1.807) is 0 Å². The van der Waals surface area contributed by atoms with Crippen LogP contribution in [0.3, 0.4) is 0 Å². The summed E-state index contributed by atoms with van der Waals surface area (Å²) in [6.07, 6.45) is 2.11. The van der Waals surface area contributed by atoms with Crippen LogP contribution in [0.2, 0.25) is 0 Å². The Labute approximate surface area is 257 Å². The van der Waals surface area contributed by atoms with E-state index in [2.05, 4.69) is 134 Å². The van der Waals surface area contributed by atoms with Crippen LogP contribution in [0.5, 0.6) is 0 Å². The summed E-state index contributed by atoms with van der Waals surface area (Å²) in [6.45, 7) is 21.7. The van der Waals surface area contributed by atoms with Gasteiger partial charge in [-0.2, -0.15) is 0 Å². The van der Waals surface area contributed by atoms with E-state index in [1.807, 2.05) is 22.8 Å². The summed E-state index contributed by atoms with van der Waals surface area (Å²) in [5.74, 6) is 0. The number of rotatable bonds is 3. The summed E-state index contributed by atoms with van der Waals surface area (Å²) in [7, 11) is -1.27. The van der Waals surface area contributed by atoms with Gasteiger partial charge in [-0.3, -0.25) is 4.48 Å². The average molecular weight is 570 g/mol. The zero-order valence-electron chi connectivity index (χ0n) is 27.4. The second kappa shape index (κ2) is 10.1. The maximum absolute atomic E-state index is 16.3. The highest BCUT2D eigenvalue weighted by Gasteiger charge is 2.51. The van der Waals surface area contributed by atoms with Crippen molar-refractivity contribution in [1.82, 2.24) is 4.48 Å². The molecule has 6 rings (SSSR count). The van der Waals surface area contributed by atoms with E-state index in [4.69, 9.17) is 0 Å². The summed E-state index contributed by atoms with van der Waals surface area (Å²) in [6, 6.07) is 27.0. The zero-order chi connectivity index (χ0) is 31.0. The molecule has 2 aliphatic rings. The van der Waals surface area contributed by atoms with Gasteiger partial charge in [0.1, 0.15) is 0 Å². The number of aryl methyl sites for hydroxylation is 2. The Bertz CT molecular complexity index is 1770. The predicted molar refractivity (Wildman–Crippen MR) is 182 cm³/mol. The third-order valence-corrected chi connectivity index (χ3v) is 9.13. The summed E-state index contributed by atoms with van der Waals surface area (Å²) in [5.41, 5.74) is 15.6. The van der Waals surface area contributed by atoms with E-state index in [1.165, 1.54) is 22.3 Å². The van der Waals surface area contributed by atoms with Crippen molar-refractivity contribution in [2.75, 3.05) is 0 Å². The van der Waals surface area contributed by atoms with Gasteiger partial charge in [0.2, 0.25) is 0 Å². The summed E-state index contributed by atoms with van der Waals surface area (Å²) >= 11 is 0. The van der Waals surface area contributed by atoms with Gasteiger partial charge < -0.3 is 0 Å². The molecular weight excluding hydrogens is 526 g/mol. The van der Waals surface area contributed by atoms with Crippen molar-refractivity contribution < 1.29 is 8.80 Å². The molecule has 4 aromatic rings. The molecule has 0 saturated carbocycles. The van der Waals surface area contributed by atoms with Gasteiger partial charge in [-0.15, -0.1) is 0 Å². The fourth-order valence-corrected chi connectivity index (χ4v) is 6.75. The van der Waals surface area contributed by atoms with Crippen molar-refractivity contribution >= 4 is 18.5 Å². The molecule has 0 unspecified atom stereocenters. The molecule has 4 heteroatoms. The first kappa shape index (κ1) is 29.2. The molecule has 3 heterocycles. The first-order chi connectivity index (χ1) is 20.1. The van der Waals surface area contributed by atoms with E-state index in [0.29, 0.717) is 0 Å². The predicted octanol–water partition coefficient (Wildman–Crippen LogP) is 10.0. The van der Waals surface area contributed by atoms with Crippen molar-refractivity contribution in [1.29, 1.82) is 0 Å². The SMILES string of the molecule is CC1=CC(C)=[N+]2B(F)n3c(C)cc(C)c3C(c3cc(-c4ccc(C(C)(C)C)cc4)cc(-c4ccc(C(C)(C)C)cc4)c3)=C12. The lowest BCUT2D eigenvalue weighted by atomic mass is 9.83. The minimum atomic E-state index is -1.27. The number of nitrogens with zero attached hydrogens (tertiary/aromatic N) is 2. The quantitative estimate of drug-likeness (QED) is 0.217. The molecule has 3 aromatic carbocycles. The number of hydrogen-bond acceptors (Lipinski definition) is 0. The molecule has 0 radical (unpaired) electrons. The van der Waals surface area contributed by atoms with Gasteiger partial charge in [0.15, 0.2) is 11.4 Å². The highest BCUT2D eigenvalue weighted by atomic mass is 19.1.